The second-order valence-electron chi connectivity index (χ2n) is 4.52. The van der Waals surface area contributed by atoms with Crippen LogP contribution in [-0.4, -0.2) is 15.9 Å². The van der Waals surface area contributed by atoms with Crippen molar-refractivity contribution >= 4 is 17.5 Å². The van der Waals surface area contributed by atoms with E-state index in [1.807, 2.05) is 32.9 Å². The van der Waals surface area contributed by atoms with E-state index in [2.05, 4.69) is 15.3 Å². The summed E-state index contributed by atoms with van der Waals surface area (Å²) in [5.41, 5.74) is 9.33. The molecule has 0 radical (unpaired) electrons. The highest BCUT2D eigenvalue weighted by Gasteiger charge is 2.11. The fourth-order valence-corrected chi connectivity index (χ4v) is 1.84. The molecule has 0 aliphatic rings. The summed E-state index contributed by atoms with van der Waals surface area (Å²) in [6, 6.07) is 7.14. The van der Waals surface area contributed by atoms with Crippen LogP contribution in [0.15, 0.2) is 24.3 Å². The van der Waals surface area contributed by atoms with Gasteiger partial charge in [0.15, 0.2) is 0 Å². The number of nitrogens with zero attached hydrogens (tertiary/aromatic N) is 2. The zero-order valence-electron chi connectivity index (χ0n) is 11.2. The number of nitrogens with one attached hydrogen (secondary N) is 1. The summed E-state index contributed by atoms with van der Waals surface area (Å²) >= 11 is 0. The van der Waals surface area contributed by atoms with Crippen LogP contribution in [0.2, 0.25) is 0 Å². The Kier molecular flexibility index (Phi) is 3.46. The Labute approximate surface area is 111 Å². The molecule has 5 nitrogen and oxygen atoms in total. The van der Waals surface area contributed by atoms with Crippen molar-refractivity contribution in [1.82, 2.24) is 9.97 Å². The second-order valence-corrected chi connectivity index (χ2v) is 4.52. The first kappa shape index (κ1) is 13.0. The largest absolute Gasteiger partial charge is 0.398 e. The summed E-state index contributed by atoms with van der Waals surface area (Å²) in [6.45, 7) is 5.63. The number of anilines is 2. The minimum Gasteiger partial charge on any atom is -0.398 e. The van der Waals surface area contributed by atoms with Crippen molar-refractivity contribution in [2.75, 3.05) is 11.1 Å². The van der Waals surface area contributed by atoms with Crippen molar-refractivity contribution in [3.05, 3.63) is 46.8 Å². The van der Waals surface area contributed by atoms with E-state index in [1.54, 1.807) is 12.1 Å². The zero-order valence-corrected chi connectivity index (χ0v) is 11.2. The van der Waals surface area contributed by atoms with Gasteiger partial charge in [0.05, 0.1) is 5.56 Å². The monoisotopic (exact) mass is 256 g/mol. The molecule has 0 aliphatic heterocycles. The Morgan fingerprint density at radius 3 is 2.32 bits per heavy atom. The number of aryl methyl sites for hydroxylation is 3. The SMILES string of the molecule is Cc1ccc(C(=O)Nc2nc(C)cc(C)n2)c(N)c1. The molecular formula is C14H16N4O. The van der Waals surface area contributed by atoms with Crippen LogP contribution in [0.3, 0.4) is 0 Å². The molecule has 0 bridgehead atoms. The average molecular weight is 256 g/mol. The minimum atomic E-state index is -0.303. The van der Waals surface area contributed by atoms with Gasteiger partial charge in [-0.3, -0.25) is 10.1 Å². The van der Waals surface area contributed by atoms with Crippen LogP contribution in [0.5, 0.6) is 0 Å². The fraction of sp³-hybridized carbons (Fsp3) is 0.214. The van der Waals surface area contributed by atoms with Gasteiger partial charge in [0.1, 0.15) is 0 Å². The summed E-state index contributed by atoms with van der Waals surface area (Å²) in [7, 11) is 0. The minimum absolute atomic E-state index is 0.294. The summed E-state index contributed by atoms with van der Waals surface area (Å²) in [5.74, 6) is -0.00928. The topological polar surface area (TPSA) is 80.9 Å². The summed E-state index contributed by atoms with van der Waals surface area (Å²) < 4.78 is 0. The molecule has 2 rings (SSSR count). The first-order valence-corrected chi connectivity index (χ1v) is 5.95. The van der Waals surface area contributed by atoms with Crippen LogP contribution in [0.1, 0.15) is 27.3 Å². The van der Waals surface area contributed by atoms with Crippen molar-refractivity contribution in [3.8, 4) is 0 Å². The summed E-state index contributed by atoms with van der Waals surface area (Å²) in [6.07, 6.45) is 0. The Balaban J connectivity index is 2.25. The quantitative estimate of drug-likeness (QED) is 0.807. The summed E-state index contributed by atoms with van der Waals surface area (Å²) in [5, 5.41) is 2.66. The van der Waals surface area contributed by atoms with Gasteiger partial charge in [-0.15, -0.1) is 0 Å². The highest BCUT2D eigenvalue weighted by atomic mass is 16.1. The number of benzene rings is 1. The molecule has 0 atom stereocenters. The zero-order chi connectivity index (χ0) is 14.0. The molecule has 0 saturated carbocycles. The van der Waals surface area contributed by atoms with E-state index in [0.717, 1.165) is 17.0 Å². The molecule has 0 spiro atoms. The lowest BCUT2D eigenvalue weighted by molar-refractivity contribution is 0.102. The maximum atomic E-state index is 12.1. The van der Waals surface area contributed by atoms with Gasteiger partial charge in [-0.1, -0.05) is 6.07 Å². The molecule has 0 saturated heterocycles. The number of aromatic nitrogens is 2. The van der Waals surface area contributed by atoms with Crippen LogP contribution < -0.4 is 11.1 Å². The highest BCUT2D eigenvalue weighted by molar-refractivity contribution is 6.07. The molecule has 1 aromatic carbocycles. The normalized spacial score (nSPS) is 10.3. The molecule has 0 fully saturated rings. The van der Waals surface area contributed by atoms with Crippen molar-refractivity contribution < 1.29 is 4.79 Å². The highest BCUT2D eigenvalue weighted by Crippen LogP contribution is 2.15. The van der Waals surface area contributed by atoms with Gasteiger partial charge in [0.25, 0.3) is 5.91 Å². The number of hydrogen-bond donors (Lipinski definition) is 2. The Hall–Kier alpha value is -2.43. The average Bonchev–Trinajstić information content (AvgIpc) is 2.26. The van der Waals surface area contributed by atoms with E-state index in [4.69, 9.17) is 5.73 Å². The van der Waals surface area contributed by atoms with E-state index >= 15 is 0 Å². The van der Waals surface area contributed by atoms with Crippen molar-refractivity contribution in [2.45, 2.75) is 20.8 Å². The number of nitrogens with two attached hydrogens (primary N) is 1. The predicted molar refractivity (Wildman–Crippen MR) is 75.1 cm³/mol. The molecule has 2 aromatic rings. The van der Waals surface area contributed by atoms with Crippen LogP contribution in [0.25, 0.3) is 0 Å². The van der Waals surface area contributed by atoms with Crippen molar-refractivity contribution in [2.24, 2.45) is 0 Å². The first-order valence-electron chi connectivity index (χ1n) is 5.95. The third-order valence-corrected chi connectivity index (χ3v) is 2.66. The number of hydrogen-bond acceptors (Lipinski definition) is 4. The van der Waals surface area contributed by atoms with Crippen molar-refractivity contribution in [3.63, 3.8) is 0 Å². The molecule has 1 heterocycles. The van der Waals surface area contributed by atoms with E-state index in [-0.39, 0.29) is 5.91 Å². The van der Waals surface area contributed by atoms with E-state index < -0.39 is 0 Å². The fourth-order valence-electron chi connectivity index (χ4n) is 1.84. The molecule has 1 aromatic heterocycles. The number of nitrogen functional groups attached to an aromatic ring is 1. The van der Waals surface area contributed by atoms with Gasteiger partial charge >= 0.3 is 0 Å². The molecular weight excluding hydrogens is 240 g/mol. The number of carbonyl (C=O) groups is 1. The van der Waals surface area contributed by atoms with Gasteiger partial charge < -0.3 is 5.73 Å². The van der Waals surface area contributed by atoms with Crippen LogP contribution in [0, 0.1) is 20.8 Å². The van der Waals surface area contributed by atoms with Crippen molar-refractivity contribution in [1.29, 1.82) is 0 Å². The van der Waals surface area contributed by atoms with Gasteiger partial charge in [-0.25, -0.2) is 9.97 Å². The predicted octanol–water partition coefficient (Wildman–Crippen LogP) is 2.24. The maximum Gasteiger partial charge on any atom is 0.260 e. The van der Waals surface area contributed by atoms with Gasteiger partial charge in [-0.05, 0) is 44.5 Å². The third kappa shape index (κ3) is 3.07. The Bertz CT molecular complexity index is 617. The number of amides is 1. The maximum absolute atomic E-state index is 12.1. The molecule has 5 heteroatoms. The number of rotatable bonds is 2. The number of carbonyl (C=O) groups excluding carboxylic acids is 1. The molecule has 0 aliphatic carbocycles. The van der Waals surface area contributed by atoms with Gasteiger partial charge in [0, 0.05) is 17.1 Å². The van der Waals surface area contributed by atoms with E-state index in [1.165, 1.54) is 0 Å². The molecule has 0 unspecified atom stereocenters. The Morgan fingerprint density at radius 1 is 1.11 bits per heavy atom. The first-order chi connectivity index (χ1) is 8.95. The molecule has 3 N–H and O–H groups in total. The van der Waals surface area contributed by atoms with E-state index in [0.29, 0.717) is 17.2 Å². The lowest BCUT2D eigenvalue weighted by Crippen LogP contribution is -2.16. The third-order valence-electron chi connectivity index (χ3n) is 2.66. The lowest BCUT2D eigenvalue weighted by atomic mass is 10.1. The van der Waals surface area contributed by atoms with E-state index in [9.17, 15) is 4.79 Å². The molecule has 1 amide bonds. The van der Waals surface area contributed by atoms with Gasteiger partial charge in [-0.2, -0.15) is 0 Å². The van der Waals surface area contributed by atoms with Crippen LogP contribution >= 0.6 is 0 Å². The smallest absolute Gasteiger partial charge is 0.260 e. The van der Waals surface area contributed by atoms with Crippen LogP contribution in [0.4, 0.5) is 11.6 Å². The van der Waals surface area contributed by atoms with Gasteiger partial charge in [0.2, 0.25) is 5.95 Å². The standard InChI is InChI=1S/C14H16N4O/c1-8-4-5-11(12(15)6-8)13(19)18-14-16-9(2)7-10(3)17-14/h4-7H,15H2,1-3H3,(H,16,17,18,19). The molecule has 19 heavy (non-hydrogen) atoms. The van der Waals surface area contributed by atoms with Crippen LogP contribution in [-0.2, 0) is 0 Å². The Morgan fingerprint density at radius 2 is 1.74 bits per heavy atom. The lowest BCUT2D eigenvalue weighted by Gasteiger charge is -2.08. The summed E-state index contributed by atoms with van der Waals surface area (Å²) in [4.78, 5) is 20.4. The molecule has 98 valence electrons. The second kappa shape index (κ2) is 5.06.